The number of halogens is 1. The second-order valence-electron chi connectivity index (χ2n) is 6.41. The van der Waals surface area contributed by atoms with Crippen LogP contribution in [0.4, 0.5) is 5.82 Å². The number of nitrogens with zero attached hydrogens (tertiary/aromatic N) is 4. The van der Waals surface area contributed by atoms with Gasteiger partial charge in [-0.1, -0.05) is 11.6 Å². The van der Waals surface area contributed by atoms with Crippen LogP contribution in [0, 0.1) is 5.92 Å². The number of aromatic amines is 1. The van der Waals surface area contributed by atoms with E-state index in [1.54, 1.807) is 6.20 Å². The van der Waals surface area contributed by atoms with Crippen molar-refractivity contribution in [3.63, 3.8) is 0 Å². The second kappa shape index (κ2) is 6.39. The molecule has 2 aromatic heterocycles. The monoisotopic (exact) mass is 346 g/mol. The molecule has 0 bridgehead atoms. The number of nitrogens with one attached hydrogen (secondary N) is 2. The average Bonchev–Trinajstić information content (AvgIpc) is 3.23. The quantitative estimate of drug-likeness (QED) is 0.876. The molecule has 0 spiro atoms. The number of rotatable bonds is 3. The van der Waals surface area contributed by atoms with Crippen molar-refractivity contribution in [3.05, 3.63) is 34.7 Å². The molecule has 3 heterocycles. The lowest BCUT2D eigenvalue weighted by atomic mass is 9.89. The molecule has 126 valence electrons. The molecule has 2 aromatic rings. The summed E-state index contributed by atoms with van der Waals surface area (Å²) in [5, 5.41) is 14.7. The molecular formula is C16H19ClN6O. The highest BCUT2D eigenvalue weighted by Crippen LogP contribution is 2.27. The fourth-order valence-electron chi connectivity index (χ4n) is 3.51. The predicted octanol–water partition coefficient (Wildman–Crippen LogP) is 1.35. The van der Waals surface area contributed by atoms with Crippen LogP contribution < -0.4 is 10.2 Å². The zero-order chi connectivity index (χ0) is 16.5. The number of H-pyrrole nitrogens is 1. The van der Waals surface area contributed by atoms with Gasteiger partial charge in [-0.2, -0.15) is 15.4 Å². The van der Waals surface area contributed by atoms with Gasteiger partial charge in [-0.3, -0.25) is 4.79 Å². The lowest BCUT2D eigenvalue weighted by Crippen LogP contribution is -2.42. The maximum absolute atomic E-state index is 12.6. The standard InChI is InChI=1S/C16H19ClN6O/c17-12-2-1-6-18-15(12)23-7-5-11(9-23)19-16(24)10-3-4-13-14(8-10)21-22-20-13/h1-2,6,10-11H,3-5,7-9H2,(H,19,24)(H,20,21,22). The van der Waals surface area contributed by atoms with Gasteiger partial charge < -0.3 is 10.2 Å². The second-order valence-corrected chi connectivity index (χ2v) is 6.81. The molecule has 1 fully saturated rings. The van der Waals surface area contributed by atoms with Crippen LogP contribution in [-0.2, 0) is 17.6 Å². The van der Waals surface area contributed by atoms with E-state index in [2.05, 4.69) is 30.6 Å². The molecule has 8 heteroatoms. The molecular weight excluding hydrogens is 328 g/mol. The van der Waals surface area contributed by atoms with E-state index in [1.807, 2.05) is 12.1 Å². The number of hydrogen-bond donors (Lipinski definition) is 2. The van der Waals surface area contributed by atoms with Crippen LogP contribution in [0.25, 0.3) is 0 Å². The number of amides is 1. The molecule has 7 nitrogen and oxygen atoms in total. The van der Waals surface area contributed by atoms with Crippen LogP contribution in [0.15, 0.2) is 18.3 Å². The highest BCUT2D eigenvalue weighted by atomic mass is 35.5. The Hall–Kier alpha value is -2.15. The van der Waals surface area contributed by atoms with Crippen LogP contribution in [0.1, 0.15) is 24.2 Å². The molecule has 2 N–H and O–H groups in total. The van der Waals surface area contributed by atoms with Crippen LogP contribution in [0.5, 0.6) is 0 Å². The van der Waals surface area contributed by atoms with Gasteiger partial charge in [0.1, 0.15) is 5.82 Å². The first-order valence-electron chi connectivity index (χ1n) is 8.25. The van der Waals surface area contributed by atoms with Crippen LogP contribution >= 0.6 is 11.6 Å². The third-order valence-electron chi connectivity index (χ3n) is 4.82. The molecule has 24 heavy (non-hydrogen) atoms. The lowest BCUT2D eigenvalue weighted by Gasteiger charge is -2.23. The summed E-state index contributed by atoms with van der Waals surface area (Å²) in [6.45, 7) is 1.59. The van der Waals surface area contributed by atoms with Gasteiger partial charge in [0.25, 0.3) is 0 Å². The first kappa shape index (κ1) is 15.4. The highest BCUT2D eigenvalue weighted by Gasteiger charge is 2.31. The molecule has 1 aliphatic carbocycles. The molecule has 1 aliphatic heterocycles. The van der Waals surface area contributed by atoms with E-state index < -0.39 is 0 Å². The average molecular weight is 347 g/mol. The maximum Gasteiger partial charge on any atom is 0.223 e. The van der Waals surface area contributed by atoms with E-state index in [0.29, 0.717) is 11.4 Å². The molecule has 1 saturated heterocycles. The van der Waals surface area contributed by atoms with Gasteiger partial charge in [0, 0.05) is 37.7 Å². The summed E-state index contributed by atoms with van der Waals surface area (Å²) in [6, 6.07) is 3.80. The Morgan fingerprint density at radius 2 is 2.21 bits per heavy atom. The smallest absolute Gasteiger partial charge is 0.223 e. The van der Waals surface area contributed by atoms with Crippen LogP contribution in [-0.4, -0.2) is 45.4 Å². The number of carbonyl (C=O) groups is 1. The van der Waals surface area contributed by atoms with Crippen LogP contribution in [0.2, 0.25) is 5.02 Å². The number of anilines is 1. The third-order valence-corrected chi connectivity index (χ3v) is 5.11. The first-order chi connectivity index (χ1) is 11.7. The van der Waals surface area contributed by atoms with Crippen molar-refractivity contribution in [1.82, 2.24) is 25.7 Å². The Kier molecular flexibility index (Phi) is 4.10. The highest BCUT2D eigenvalue weighted by molar-refractivity contribution is 6.32. The molecule has 2 atom stereocenters. The predicted molar refractivity (Wildman–Crippen MR) is 89.9 cm³/mol. The normalized spacial score (nSPS) is 23.1. The zero-order valence-corrected chi connectivity index (χ0v) is 14.0. The maximum atomic E-state index is 12.6. The van der Waals surface area contributed by atoms with Crippen LogP contribution in [0.3, 0.4) is 0 Å². The van der Waals surface area contributed by atoms with E-state index >= 15 is 0 Å². The summed E-state index contributed by atoms with van der Waals surface area (Å²) in [7, 11) is 0. The minimum atomic E-state index is -0.0184. The third kappa shape index (κ3) is 2.96. The Bertz CT molecular complexity index is 748. The van der Waals surface area contributed by atoms with Gasteiger partial charge in [-0.05, 0) is 31.4 Å². The fraction of sp³-hybridized carbons (Fsp3) is 0.500. The summed E-state index contributed by atoms with van der Waals surface area (Å²) in [6.07, 6.45) is 4.95. The van der Waals surface area contributed by atoms with E-state index in [4.69, 9.17) is 11.6 Å². The molecule has 0 aromatic carbocycles. The summed E-state index contributed by atoms with van der Waals surface area (Å²) >= 11 is 6.21. The van der Waals surface area contributed by atoms with Gasteiger partial charge in [-0.25, -0.2) is 4.98 Å². The number of aryl methyl sites for hydroxylation is 1. The molecule has 1 amide bonds. The SMILES string of the molecule is O=C(NC1CCN(c2ncccc2Cl)C1)C1CCc2n[nH]nc2C1. The van der Waals surface area contributed by atoms with Crippen molar-refractivity contribution >= 4 is 23.3 Å². The summed E-state index contributed by atoms with van der Waals surface area (Å²) in [4.78, 5) is 19.0. The number of fused-ring (bicyclic) bond motifs is 1. The fourth-order valence-corrected chi connectivity index (χ4v) is 3.75. The van der Waals surface area contributed by atoms with E-state index in [0.717, 1.165) is 49.6 Å². The van der Waals surface area contributed by atoms with Crippen molar-refractivity contribution in [2.24, 2.45) is 5.92 Å². The topological polar surface area (TPSA) is 86.8 Å². The minimum Gasteiger partial charge on any atom is -0.353 e. The molecule has 2 aliphatic rings. The minimum absolute atomic E-state index is 0.0184. The van der Waals surface area contributed by atoms with E-state index in [1.165, 1.54) is 0 Å². The van der Waals surface area contributed by atoms with Gasteiger partial charge in [0.2, 0.25) is 5.91 Å². The molecule has 0 radical (unpaired) electrons. The molecule has 2 unspecified atom stereocenters. The number of pyridine rings is 1. The van der Waals surface area contributed by atoms with Gasteiger partial charge >= 0.3 is 0 Å². The Morgan fingerprint density at radius 1 is 1.33 bits per heavy atom. The zero-order valence-electron chi connectivity index (χ0n) is 13.2. The summed E-state index contributed by atoms with van der Waals surface area (Å²) in [5.41, 5.74) is 1.92. The Morgan fingerprint density at radius 3 is 3.08 bits per heavy atom. The van der Waals surface area contributed by atoms with Gasteiger partial charge in [0.15, 0.2) is 0 Å². The summed E-state index contributed by atoms with van der Waals surface area (Å²) < 4.78 is 0. The van der Waals surface area contributed by atoms with Crippen molar-refractivity contribution in [3.8, 4) is 0 Å². The molecule has 4 rings (SSSR count). The Balaban J connectivity index is 1.35. The Labute approximate surface area is 144 Å². The largest absolute Gasteiger partial charge is 0.353 e. The molecule has 0 saturated carbocycles. The van der Waals surface area contributed by atoms with Crippen molar-refractivity contribution in [2.45, 2.75) is 31.7 Å². The number of hydrogen-bond acceptors (Lipinski definition) is 5. The van der Waals surface area contributed by atoms with Crippen molar-refractivity contribution in [2.75, 3.05) is 18.0 Å². The number of carbonyl (C=O) groups excluding carboxylic acids is 1. The van der Waals surface area contributed by atoms with Crippen molar-refractivity contribution in [1.29, 1.82) is 0 Å². The number of aromatic nitrogens is 4. The lowest BCUT2D eigenvalue weighted by molar-refractivity contribution is -0.125. The van der Waals surface area contributed by atoms with Gasteiger partial charge in [-0.15, -0.1) is 0 Å². The first-order valence-corrected chi connectivity index (χ1v) is 8.63. The van der Waals surface area contributed by atoms with E-state index in [-0.39, 0.29) is 17.9 Å². The van der Waals surface area contributed by atoms with Gasteiger partial charge in [0.05, 0.1) is 16.4 Å². The van der Waals surface area contributed by atoms with E-state index in [9.17, 15) is 4.79 Å². The van der Waals surface area contributed by atoms with Crippen molar-refractivity contribution < 1.29 is 4.79 Å². The summed E-state index contributed by atoms with van der Waals surface area (Å²) in [5.74, 6) is 0.888.